The Hall–Kier alpha value is -1.47. The van der Waals surface area contributed by atoms with E-state index in [4.69, 9.17) is 0 Å². The Morgan fingerprint density at radius 2 is 1.96 bits per heavy atom. The van der Waals surface area contributed by atoms with Crippen LogP contribution in [0.3, 0.4) is 0 Å². The molecule has 1 N–H and O–H groups in total. The second kappa shape index (κ2) is 8.58. The van der Waals surface area contributed by atoms with Crippen LogP contribution < -0.4 is 5.32 Å². The van der Waals surface area contributed by atoms with Crippen LogP contribution in [0.1, 0.15) is 38.2 Å². The van der Waals surface area contributed by atoms with Crippen molar-refractivity contribution in [2.45, 2.75) is 39.2 Å². The van der Waals surface area contributed by atoms with Crippen LogP contribution in [0.15, 0.2) is 24.3 Å². The first-order chi connectivity index (χ1) is 11.4. The summed E-state index contributed by atoms with van der Waals surface area (Å²) in [5.74, 6) is -0.513. The van der Waals surface area contributed by atoms with Gasteiger partial charge in [0.1, 0.15) is 5.82 Å². The van der Waals surface area contributed by atoms with E-state index in [1.807, 2.05) is 6.92 Å². The fourth-order valence-corrected chi connectivity index (χ4v) is 4.50. The molecule has 1 heterocycles. The van der Waals surface area contributed by atoms with Gasteiger partial charge in [0.15, 0.2) is 0 Å². The van der Waals surface area contributed by atoms with Crippen molar-refractivity contribution >= 4 is 15.9 Å². The maximum Gasteiger partial charge on any atom is 0.223 e. The molecule has 0 bridgehead atoms. The van der Waals surface area contributed by atoms with Crippen molar-refractivity contribution in [3.8, 4) is 0 Å². The zero-order chi connectivity index (χ0) is 17.6. The molecule has 1 saturated heterocycles. The molecule has 7 heteroatoms. The fourth-order valence-electron chi connectivity index (χ4n) is 2.82. The lowest BCUT2D eigenvalue weighted by atomic mass is 9.97. The summed E-state index contributed by atoms with van der Waals surface area (Å²) in [6, 6.07) is 6.33. The molecule has 0 atom stereocenters. The standard InChI is InChI=1S/C17H25FN2O3S/c1-2-3-12-24(22,23)20-10-8-14(9-11-20)17(21)19-13-15-6-4-5-7-16(15)18/h4-7,14H,2-3,8-13H2,1H3,(H,19,21). The monoisotopic (exact) mass is 356 g/mol. The second-order valence-corrected chi connectivity index (χ2v) is 8.24. The largest absolute Gasteiger partial charge is 0.352 e. The molecular formula is C17H25FN2O3S. The van der Waals surface area contributed by atoms with Gasteiger partial charge in [0.25, 0.3) is 0 Å². The summed E-state index contributed by atoms with van der Waals surface area (Å²) < 4.78 is 39.3. The molecule has 0 spiro atoms. The average molecular weight is 356 g/mol. The van der Waals surface area contributed by atoms with Crippen LogP contribution in [0.5, 0.6) is 0 Å². The number of carbonyl (C=O) groups excluding carboxylic acids is 1. The predicted octanol–water partition coefficient (Wildman–Crippen LogP) is 2.28. The Bertz CT molecular complexity index is 656. The Kier molecular flexibility index (Phi) is 6.74. The van der Waals surface area contributed by atoms with Gasteiger partial charge in [-0.1, -0.05) is 31.5 Å². The first kappa shape index (κ1) is 18.9. The van der Waals surface area contributed by atoms with Crippen molar-refractivity contribution in [1.29, 1.82) is 0 Å². The van der Waals surface area contributed by atoms with Crippen LogP contribution in [-0.2, 0) is 21.4 Å². The van der Waals surface area contributed by atoms with Gasteiger partial charge < -0.3 is 5.32 Å². The molecular weight excluding hydrogens is 331 g/mol. The van der Waals surface area contributed by atoms with Gasteiger partial charge in [0.05, 0.1) is 5.75 Å². The number of sulfonamides is 1. The molecule has 0 radical (unpaired) electrons. The minimum Gasteiger partial charge on any atom is -0.352 e. The van der Waals surface area contributed by atoms with Gasteiger partial charge in [-0.15, -0.1) is 0 Å². The van der Waals surface area contributed by atoms with E-state index < -0.39 is 10.0 Å². The van der Waals surface area contributed by atoms with E-state index in [9.17, 15) is 17.6 Å². The van der Waals surface area contributed by atoms with Gasteiger partial charge in [0, 0.05) is 31.1 Å². The van der Waals surface area contributed by atoms with Gasteiger partial charge in [-0.3, -0.25) is 4.79 Å². The van der Waals surface area contributed by atoms with Crippen molar-refractivity contribution in [2.75, 3.05) is 18.8 Å². The van der Waals surface area contributed by atoms with Crippen molar-refractivity contribution in [1.82, 2.24) is 9.62 Å². The lowest BCUT2D eigenvalue weighted by molar-refractivity contribution is -0.126. The van der Waals surface area contributed by atoms with Crippen molar-refractivity contribution in [2.24, 2.45) is 5.92 Å². The Morgan fingerprint density at radius 1 is 1.29 bits per heavy atom. The zero-order valence-electron chi connectivity index (χ0n) is 14.0. The van der Waals surface area contributed by atoms with Crippen LogP contribution in [0.2, 0.25) is 0 Å². The SMILES string of the molecule is CCCCS(=O)(=O)N1CCC(C(=O)NCc2ccccc2F)CC1. The molecule has 0 saturated carbocycles. The molecule has 1 aromatic carbocycles. The molecule has 1 aliphatic rings. The quantitative estimate of drug-likeness (QED) is 0.815. The van der Waals surface area contributed by atoms with E-state index in [0.29, 0.717) is 37.9 Å². The van der Waals surface area contributed by atoms with Crippen LogP contribution in [0.4, 0.5) is 4.39 Å². The molecule has 0 unspecified atom stereocenters. The van der Waals surface area contributed by atoms with Crippen molar-refractivity contribution in [3.05, 3.63) is 35.6 Å². The number of rotatable bonds is 7. The summed E-state index contributed by atoms with van der Waals surface area (Å²) in [5, 5.41) is 2.75. The smallest absolute Gasteiger partial charge is 0.223 e. The second-order valence-electron chi connectivity index (χ2n) is 6.15. The first-order valence-corrected chi connectivity index (χ1v) is 10.0. The average Bonchev–Trinajstić information content (AvgIpc) is 2.59. The summed E-state index contributed by atoms with van der Waals surface area (Å²) >= 11 is 0. The third-order valence-electron chi connectivity index (χ3n) is 4.38. The topological polar surface area (TPSA) is 66.5 Å². The van der Waals surface area contributed by atoms with Gasteiger partial charge in [-0.2, -0.15) is 0 Å². The van der Waals surface area contributed by atoms with Crippen molar-refractivity contribution < 1.29 is 17.6 Å². The van der Waals surface area contributed by atoms with Crippen molar-refractivity contribution in [3.63, 3.8) is 0 Å². The van der Waals surface area contributed by atoms with Crippen LogP contribution >= 0.6 is 0 Å². The van der Waals surface area contributed by atoms with Gasteiger partial charge in [-0.05, 0) is 25.3 Å². The third kappa shape index (κ3) is 5.01. The zero-order valence-corrected chi connectivity index (χ0v) is 14.8. The molecule has 24 heavy (non-hydrogen) atoms. The lowest BCUT2D eigenvalue weighted by Gasteiger charge is -2.30. The minimum atomic E-state index is -3.20. The number of nitrogens with zero attached hydrogens (tertiary/aromatic N) is 1. The maximum atomic E-state index is 13.5. The highest BCUT2D eigenvalue weighted by molar-refractivity contribution is 7.89. The number of hydrogen-bond donors (Lipinski definition) is 1. The number of nitrogens with one attached hydrogen (secondary N) is 1. The molecule has 1 amide bonds. The normalized spacial score (nSPS) is 16.9. The highest BCUT2D eigenvalue weighted by Crippen LogP contribution is 2.21. The summed E-state index contributed by atoms with van der Waals surface area (Å²) in [6.07, 6.45) is 2.52. The van der Waals surface area contributed by atoms with Crippen LogP contribution in [0, 0.1) is 11.7 Å². The Labute approximate surface area is 143 Å². The molecule has 1 aromatic rings. The lowest BCUT2D eigenvalue weighted by Crippen LogP contribution is -2.43. The van der Waals surface area contributed by atoms with Gasteiger partial charge >= 0.3 is 0 Å². The Morgan fingerprint density at radius 3 is 2.58 bits per heavy atom. The number of unbranched alkanes of at least 4 members (excludes halogenated alkanes) is 1. The summed E-state index contributed by atoms with van der Waals surface area (Å²) in [7, 11) is -3.20. The van der Waals surface area contributed by atoms with Gasteiger partial charge in [0.2, 0.25) is 15.9 Å². The fraction of sp³-hybridized carbons (Fsp3) is 0.588. The Balaban J connectivity index is 1.81. The van der Waals surface area contributed by atoms with Crippen LogP contribution in [-0.4, -0.2) is 37.5 Å². The van der Waals surface area contributed by atoms with E-state index in [0.717, 1.165) is 6.42 Å². The third-order valence-corrected chi connectivity index (χ3v) is 6.34. The first-order valence-electron chi connectivity index (χ1n) is 8.43. The molecule has 2 rings (SSSR count). The van der Waals surface area contributed by atoms with E-state index in [1.54, 1.807) is 18.2 Å². The minimum absolute atomic E-state index is 0.135. The summed E-state index contributed by atoms with van der Waals surface area (Å²) in [6.45, 7) is 2.87. The molecule has 1 fully saturated rings. The maximum absolute atomic E-state index is 13.5. The number of benzene rings is 1. The summed E-state index contributed by atoms with van der Waals surface area (Å²) in [5.41, 5.74) is 0.449. The highest BCUT2D eigenvalue weighted by atomic mass is 32.2. The van der Waals surface area contributed by atoms with E-state index in [2.05, 4.69) is 5.32 Å². The highest BCUT2D eigenvalue weighted by Gasteiger charge is 2.30. The number of amides is 1. The van der Waals surface area contributed by atoms with Crippen LogP contribution in [0.25, 0.3) is 0 Å². The number of piperidine rings is 1. The number of hydrogen-bond acceptors (Lipinski definition) is 3. The van der Waals surface area contributed by atoms with E-state index in [1.165, 1.54) is 10.4 Å². The van der Waals surface area contributed by atoms with E-state index in [-0.39, 0.29) is 29.9 Å². The molecule has 0 aliphatic carbocycles. The van der Waals surface area contributed by atoms with E-state index >= 15 is 0 Å². The molecule has 5 nitrogen and oxygen atoms in total. The molecule has 1 aliphatic heterocycles. The number of halogens is 1. The molecule has 0 aromatic heterocycles. The summed E-state index contributed by atoms with van der Waals surface area (Å²) in [4.78, 5) is 12.2. The predicted molar refractivity (Wildman–Crippen MR) is 91.2 cm³/mol. The molecule has 134 valence electrons. The number of carbonyl (C=O) groups is 1. The van der Waals surface area contributed by atoms with Gasteiger partial charge in [-0.25, -0.2) is 17.1 Å².